The quantitative estimate of drug-likeness (QED) is 0.159. The van der Waals surface area contributed by atoms with Crippen LogP contribution in [0.15, 0.2) is 217 Å². The molecular weight excluding hydrogens is 679 g/mol. The predicted octanol–water partition coefficient (Wildman–Crippen LogP) is 14.8. The molecule has 0 spiro atoms. The van der Waals surface area contributed by atoms with Crippen molar-refractivity contribution in [1.29, 1.82) is 0 Å². The highest BCUT2D eigenvalue weighted by atomic mass is 16.3. The Hall–Kier alpha value is -7.16. The van der Waals surface area contributed by atoms with Gasteiger partial charge in [-0.25, -0.2) is 0 Å². The van der Waals surface area contributed by atoms with Gasteiger partial charge in [-0.1, -0.05) is 176 Å². The Labute approximate surface area is 325 Å². The maximum absolute atomic E-state index is 6.38. The second-order valence-electron chi connectivity index (χ2n) is 14.9. The molecule has 2 heteroatoms. The average molecular weight is 716 g/mol. The average Bonchev–Trinajstić information content (AvgIpc) is 3.65. The molecule has 0 amide bonds. The molecule has 2 nitrogen and oxygen atoms in total. The number of para-hydroxylation sites is 1. The summed E-state index contributed by atoms with van der Waals surface area (Å²) in [4.78, 5) is 2.60. The van der Waals surface area contributed by atoms with E-state index in [9.17, 15) is 0 Å². The summed E-state index contributed by atoms with van der Waals surface area (Å²) in [5.74, 6) is 0. The SMILES string of the molecule is C1=CC(c2ccc3oc4ccccc4c3c2)(N(c2ccc(-c3cccc4ccccc34)cc2)c2cc3ccccc3c3ccccc23)CC=C1c1ccccc1. The summed E-state index contributed by atoms with van der Waals surface area (Å²) in [7, 11) is 0. The summed E-state index contributed by atoms with van der Waals surface area (Å²) in [6, 6.07) is 70.4. The van der Waals surface area contributed by atoms with Gasteiger partial charge < -0.3 is 9.32 Å². The first-order valence-corrected chi connectivity index (χ1v) is 19.4. The monoisotopic (exact) mass is 715 g/mol. The zero-order valence-corrected chi connectivity index (χ0v) is 30.8. The highest BCUT2D eigenvalue weighted by Gasteiger charge is 2.40. The number of hydrogen-bond donors (Lipinski definition) is 0. The van der Waals surface area contributed by atoms with Crippen LogP contribution in [-0.2, 0) is 5.54 Å². The molecule has 9 aromatic carbocycles. The topological polar surface area (TPSA) is 16.4 Å². The van der Waals surface area contributed by atoms with Gasteiger partial charge in [-0.2, -0.15) is 0 Å². The molecule has 1 aromatic heterocycles. The van der Waals surface area contributed by atoms with Gasteiger partial charge in [0.15, 0.2) is 0 Å². The molecule has 0 bridgehead atoms. The number of anilines is 2. The zero-order chi connectivity index (χ0) is 37.1. The molecule has 10 aromatic rings. The van der Waals surface area contributed by atoms with Gasteiger partial charge in [0.25, 0.3) is 0 Å². The van der Waals surface area contributed by atoms with Crippen LogP contribution in [0.3, 0.4) is 0 Å². The standard InChI is InChI=1S/C54H37NO/c1-2-13-37(14-3-1)38-31-33-54(34-32-38,42-27-30-53-50(36-42)49-22-10-11-24-52(49)56-53)55(51-35-41-16-5-7-19-46(41)47-20-8-9-21-48(47)51)43-28-25-40(26-29-43)45-23-12-17-39-15-4-6-18-44(39)45/h1-33,35-36H,34H2. The zero-order valence-electron chi connectivity index (χ0n) is 30.8. The first kappa shape index (κ1) is 32.3. The lowest BCUT2D eigenvalue weighted by Crippen LogP contribution is -2.42. The maximum Gasteiger partial charge on any atom is 0.135 e. The molecule has 0 fully saturated rings. The van der Waals surface area contributed by atoms with E-state index in [2.05, 4.69) is 211 Å². The third-order valence-corrected chi connectivity index (χ3v) is 11.8. The van der Waals surface area contributed by atoms with Gasteiger partial charge in [0.2, 0.25) is 0 Å². The van der Waals surface area contributed by atoms with Crippen molar-refractivity contribution in [1.82, 2.24) is 0 Å². The van der Waals surface area contributed by atoms with E-state index >= 15 is 0 Å². The minimum absolute atomic E-state index is 0.600. The van der Waals surface area contributed by atoms with Crippen LogP contribution < -0.4 is 4.90 Å². The van der Waals surface area contributed by atoms with Crippen LogP contribution in [0.1, 0.15) is 17.5 Å². The number of benzene rings is 9. The van der Waals surface area contributed by atoms with E-state index in [-0.39, 0.29) is 0 Å². The number of allylic oxidation sites excluding steroid dienone is 2. The fourth-order valence-corrected chi connectivity index (χ4v) is 9.05. The van der Waals surface area contributed by atoms with Crippen LogP contribution in [-0.4, -0.2) is 0 Å². The minimum Gasteiger partial charge on any atom is -0.456 e. The maximum atomic E-state index is 6.38. The van der Waals surface area contributed by atoms with Crippen LogP contribution in [0.4, 0.5) is 11.4 Å². The fourth-order valence-electron chi connectivity index (χ4n) is 9.05. The molecule has 1 atom stereocenters. The number of hydrogen-bond acceptors (Lipinski definition) is 2. The van der Waals surface area contributed by atoms with Crippen LogP contribution >= 0.6 is 0 Å². The molecule has 1 aliphatic rings. The highest BCUT2D eigenvalue weighted by Crippen LogP contribution is 2.50. The molecular formula is C54H37NO. The van der Waals surface area contributed by atoms with E-state index in [0.717, 1.165) is 39.7 Å². The van der Waals surface area contributed by atoms with Crippen molar-refractivity contribution in [2.75, 3.05) is 4.90 Å². The Morgan fingerprint density at radius 3 is 1.91 bits per heavy atom. The van der Waals surface area contributed by atoms with Crippen LogP contribution in [0, 0.1) is 0 Å². The molecule has 56 heavy (non-hydrogen) atoms. The summed E-state index contributed by atoms with van der Waals surface area (Å²) < 4.78 is 6.38. The summed E-state index contributed by atoms with van der Waals surface area (Å²) in [6.45, 7) is 0. The fraction of sp³-hybridized carbons (Fsp3) is 0.0370. The van der Waals surface area contributed by atoms with Gasteiger partial charge in [0.05, 0.1) is 11.2 Å². The number of furan rings is 1. The predicted molar refractivity (Wildman–Crippen MR) is 237 cm³/mol. The van der Waals surface area contributed by atoms with Gasteiger partial charge in [-0.3, -0.25) is 0 Å². The van der Waals surface area contributed by atoms with Crippen molar-refractivity contribution in [2.45, 2.75) is 12.0 Å². The Bertz CT molecular complexity index is 3160. The second kappa shape index (κ2) is 13.0. The molecule has 0 radical (unpaired) electrons. The van der Waals surface area contributed by atoms with E-state index in [1.807, 2.05) is 6.07 Å². The third kappa shape index (κ3) is 5.18. The van der Waals surface area contributed by atoms with Crippen molar-refractivity contribution in [3.05, 3.63) is 223 Å². The van der Waals surface area contributed by atoms with E-state index in [1.165, 1.54) is 60.1 Å². The molecule has 0 aliphatic heterocycles. The van der Waals surface area contributed by atoms with Crippen molar-refractivity contribution < 1.29 is 4.42 Å². The lowest BCUT2D eigenvalue weighted by Gasteiger charge is -2.46. The van der Waals surface area contributed by atoms with Crippen LogP contribution in [0.5, 0.6) is 0 Å². The number of fused-ring (bicyclic) bond motifs is 7. The van der Waals surface area contributed by atoms with E-state index in [0.29, 0.717) is 0 Å². The largest absolute Gasteiger partial charge is 0.456 e. The van der Waals surface area contributed by atoms with E-state index < -0.39 is 5.54 Å². The number of nitrogens with zero attached hydrogens (tertiary/aromatic N) is 1. The van der Waals surface area contributed by atoms with Crippen molar-refractivity contribution in [3.63, 3.8) is 0 Å². The smallest absolute Gasteiger partial charge is 0.135 e. The molecule has 264 valence electrons. The summed E-state index contributed by atoms with van der Waals surface area (Å²) in [5, 5.41) is 9.67. The third-order valence-electron chi connectivity index (χ3n) is 11.8. The summed E-state index contributed by atoms with van der Waals surface area (Å²) >= 11 is 0. The lowest BCUT2D eigenvalue weighted by molar-refractivity contribution is 0.550. The van der Waals surface area contributed by atoms with Crippen LogP contribution in [0.25, 0.3) is 71.0 Å². The lowest BCUT2D eigenvalue weighted by atomic mass is 9.78. The second-order valence-corrected chi connectivity index (χ2v) is 14.9. The van der Waals surface area contributed by atoms with Crippen LogP contribution in [0.2, 0.25) is 0 Å². The minimum atomic E-state index is -0.600. The van der Waals surface area contributed by atoms with Crippen molar-refractivity contribution in [2.24, 2.45) is 0 Å². The molecule has 0 saturated carbocycles. The summed E-state index contributed by atoms with van der Waals surface area (Å²) in [5.41, 5.74) is 9.55. The van der Waals surface area contributed by atoms with E-state index in [4.69, 9.17) is 4.42 Å². The normalized spacial score (nSPS) is 15.5. The highest BCUT2D eigenvalue weighted by molar-refractivity contribution is 6.14. The van der Waals surface area contributed by atoms with Gasteiger partial charge in [0, 0.05) is 21.8 Å². The van der Waals surface area contributed by atoms with Gasteiger partial charge in [-0.15, -0.1) is 0 Å². The van der Waals surface area contributed by atoms with E-state index in [1.54, 1.807) is 0 Å². The van der Waals surface area contributed by atoms with Gasteiger partial charge >= 0.3 is 0 Å². The number of rotatable bonds is 6. The Morgan fingerprint density at radius 2 is 1.11 bits per heavy atom. The first-order chi connectivity index (χ1) is 27.7. The summed E-state index contributed by atoms with van der Waals surface area (Å²) in [6.07, 6.45) is 7.95. The van der Waals surface area contributed by atoms with Gasteiger partial charge in [-0.05, 0) is 97.6 Å². The Morgan fingerprint density at radius 1 is 0.446 bits per heavy atom. The molecule has 1 heterocycles. The molecule has 11 rings (SSSR count). The molecule has 0 saturated heterocycles. The molecule has 1 aliphatic carbocycles. The van der Waals surface area contributed by atoms with Crippen molar-refractivity contribution in [3.8, 4) is 11.1 Å². The van der Waals surface area contributed by atoms with Gasteiger partial charge in [0.1, 0.15) is 11.2 Å². The molecule has 1 unspecified atom stereocenters. The molecule has 0 N–H and O–H groups in total. The van der Waals surface area contributed by atoms with Crippen molar-refractivity contribution >= 4 is 71.2 Å². The Balaban J connectivity index is 1.19. The Kier molecular flexibility index (Phi) is 7.50. The first-order valence-electron chi connectivity index (χ1n) is 19.4.